The highest BCUT2D eigenvalue weighted by molar-refractivity contribution is 5.59. The van der Waals surface area contributed by atoms with E-state index in [0.717, 1.165) is 22.6 Å². The van der Waals surface area contributed by atoms with Gasteiger partial charge in [-0.1, -0.05) is 12.1 Å². The number of ether oxygens (including phenoxy) is 5. The molecule has 3 N–H and O–H groups in total. The van der Waals surface area contributed by atoms with Gasteiger partial charge in [0.15, 0.2) is 0 Å². The number of nitrogens with zero attached hydrogens (tertiary/aromatic N) is 2. The average molecular weight is 523 g/mol. The summed E-state index contributed by atoms with van der Waals surface area (Å²) < 4.78 is 28.9. The van der Waals surface area contributed by atoms with Crippen LogP contribution in [0.5, 0.6) is 11.6 Å². The van der Waals surface area contributed by atoms with E-state index in [1.807, 2.05) is 63.6 Å². The zero-order valence-electron chi connectivity index (χ0n) is 22.2. The minimum Gasteiger partial charge on any atom is -0.491 e. The van der Waals surface area contributed by atoms with Crippen LogP contribution in [0, 0.1) is 6.92 Å². The van der Waals surface area contributed by atoms with Gasteiger partial charge in [0.1, 0.15) is 36.8 Å². The molecule has 1 aromatic carbocycles. The van der Waals surface area contributed by atoms with Crippen LogP contribution in [0.2, 0.25) is 0 Å². The van der Waals surface area contributed by atoms with Crippen molar-refractivity contribution in [2.45, 2.75) is 90.8 Å². The number of aliphatic hydroxyl groups excluding tert-OH is 3. The molecule has 206 valence electrons. The van der Waals surface area contributed by atoms with E-state index in [0.29, 0.717) is 6.42 Å². The molecule has 1 aliphatic rings. The number of carbonyl (C=O) groups is 1. The molecule has 1 aromatic heterocycles. The lowest BCUT2D eigenvalue weighted by Gasteiger charge is -2.39. The Labute approximate surface area is 216 Å². The number of rotatable bonds is 10. The molecule has 2 aromatic rings. The van der Waals surface area contributed by atoms with E-state index in [4.69, 9.17) is 23.7 Å². The van der Waals surface area contributed by atoms with Crippen LogP contribution in [0.3, 0.4) is 0 Å². The lowest BCUT2D eigenvalue weighted by atomic mass is 9.99. The first-order valence-corrected chi connectivity index (χ1v) is 12.5. The van der Waals surface area contributed by atoms with Crippen molar-refractivity contribution in [3.8, 4) is 11.6 Å². The van der Waals surface area contributed by atoms with Gasteiger partial charge in [-0.3, -0.25) is 4.68 Å². The summed E-state index contributed by atoms with van der Waals surface area (Å²) in [7, 11) is 0. The molecular formula is C26H38N2O9. The highest BCUT2D eigenvalue weighted by Gasteiger charge is 2.46. The number of aliphatic hydroxyl groups is 3. The molecule has 11 nitrogen and oxygen atoms in total. The zero-order valence-corrected chi connectivity index (χ0v) is 22.2. The predicted molar refractivity (Wildman–Crippen MR) is 133 cm³/mol. The van der Waals surface area contributed by atoms with Gasteiger partial charge in [-0.15, -0.1) is 5.10 Å². The van der Waals surface area contributed by atoms with Crippen LogP contribution >= 0.6 is 0 Å². The topological polar surface area (TPSA) is 142 Å². The summed E-state index contributed by atoms with van der Waals surface area (Å²) in [5, 5.41) is 35.9. The molecule has 0 saturated carbocycles. The van der Waals surface area contributed by atoms with Crippen molar-refractivity contribution in [2.75, 3.05) is 13.2 Å². The van der Waals surface area contributed by atoms with Crippen LogP contribution in [0.4, 0.5) is 4.79 Å². The molecule has 0 bridgehead atoms. The number of aromatic nitrogens is 2. The first-order chi connectivity index (χ1) is 17.5. The van der Waals surface area contributed by atoms with Crippen molar-refractivity contribution >= 4 is 6.16 Å². The maximum atomic E-state index is 11.6. The van der Waals surface area contributed by atoms with Gasteiger partial charge in [0.05, 0.1) is 12.7 Å². The third-order valence-corrected chi connectivity index (χ3v) is 5.93. The average Bonchev–Trinajstić information content (AvgIpc) is 3.14. The zero-order chi connectivity index (χ0) is 27.3. The first-order valence-electron chi connectivity index (χ1n) is 12.5. The monoisotopic (exact) mass is 522 g/mol. The molecule has 1 aliphatic heterocycles. The van der Waals surface area contributed by atoms with E-state index < -0.39 is 43.5 Å². The number of hydrogen-bond donors (Lipinski definition) is 3. The fourth-order valence-corrected chi connectivity index (χ4v) is 4.06. The molecule has 3 rings (SSSR count). The standard InChI is InChI=1S/C26H38N2O9/c1-7-33-26(32)34-13-20-21(29)22(30)23(31)25(36-20)37-24-19(16(6)28(27-24)14(2)3)12-17-8-10-18(11-9-17)35-15(4)5/h8-11,14-15,20-23,25,29-31H,7,12-13H2,1-6H3/t20?,21-,22?,23-,25?/m1/s1. The van der Waals surface area contributed by atoms with Gasteiger partial charge >= 0.3 is 6.16 Å². The quantitative estimate of drug-likeness (QED) is 0.399. The van der Waals surface area contributed by atoms with Crippen LogP contribution in [0.25, 0.3) is 0 Å². The molecule has 5 atom stereocenters. The lowest BCUT2D eigenvalue weighted by molar-refractivity contribution is -0.278. The summed E-state index contributed by atoms with van der Waals surface area (Å²) in [4.78, 5) is 11.6. The minimum atomic E-state index is -1.60. The molecule has 0 spiro atoms. The van der Waals surface area contributed by atoms with Crippen molar-refractivity contribution in [3.63, 3.8) is 0 Å². The number of carbonyl (C=O) groups excluding carboxylic acids is 1. The van der Waals surface area contributed by atoms with E-state index in [2.05, 4.69) is 5.10 Å². The van der Waals surface area contributed by atoms with E-state index in [9.17, 15) is 20.1 Å². The molecule has 1 saturated heterocycles. The summed E-state index contributed by atoms with van der Waals surface area (Å²) in [6.45, 7) is 11.2. The normalized spacial score (nSPS) is 23.8. The van der Waals surface area contributed by atoms with Gasteiger partial charge in [-0.05, 0) is 59.2 Å². The van der Waals surface area contributed by atoms with Crippen molar-refractivity contribution < 1.29 is 43.8 Å². The fraction of sp³-hybridized carbons (Fsp3) is 0.615. The maximum absolute atomic E-state index is 11.6. The Kier molecular flexibility index (Phi) is 9.77. The Morgan fingerprint density at radius 1 is 1.05 bits per heavy atom. The Morgan fingerprint density at radius 2 is 1.73 bits per heavy atom. The van der Waals surface area contributed by atoms with Gasteiger partial charge in [-0.2, -0.15) is 0 Å². The number of benzene rings is 1. The van der Waals surface area contributed by atoms with E-state index in [-0.39, 0.29) is 24.6 Å². The Morgan fingerprint density at radius 3 is 2.32 bits per heavy atom. The van der Waals surface area contributed by atoms with Crippen LogP contribution in [0.1, 0.15) is 57.5 Å². The van der Waals surface area contributed by atoms with E-state index in [1.54, 1.807) is 6.92 Å². The molecule has 37 heavy (non-hydrogen) atoms. The van der Waals surface area contributed by atoms with Gasteiger partial charge < -0.3 is 39.0 Å². The number of hydrogen-bond acceptors (Lipinski definition) is 10. The summed E-state index contributed by atoms with van der Waals surface area (Å²) in [6.07, 6.45) is -7.58. The van der Waals surface area contributed by atoms with Crippen molar-refractivity contribution in [1.82, 2.24) is 9.78 Å². The molecule has 0 aliphatic carbocycles. The van der Waals surface area contributed by atoms with Crippen molar-refractivity contribution in [1.29, 1.82) is 0 Å². The summed E-state index contributed by atoms with van der Waals surface area (Å²) in [6, 6.07) is 7.76. The maximum Gasteiger partial charge on any atom is 0.508 e. The van der Waals surface area contributed by atoms with Gasteiger partial charge in [-0.25, -0.2) is 4.79 Å². The van der Waals surface area contributed by atoms with Gasteiger partial charge in [0.2, 0.25) is 12.2 Å². The van der Waals surface area contributed by atoms with Crippen LogP contribution < -0.4 is 9.47 Å². The van der Waals surface area contributed by atoms with Crippen molar-refractivity contribution in [2.24, 2.45) is 0 Å². The van der Waals surface area contributed by atoms with Crippen LogP contribution in [-0.4, -0.2) is 81.3 Å². The second kappa shape index (κ2) is 12.6. The Bertz CT molecular complexity index is 1020. The van der Waals surface area contributed by atoms with E-state index in [1.165, 1.54) is 0 Å². The van der Waals surface area contributed by atoms with Crippen molar-refractivity contribution in [3.05, 3.63) is 41.1 Å². The Hall–Kier alpha value is -2.86. The minimum absolute atomic E-state index is 0.0354. The highest BCUT2D eigenvalue weighted by Crippen LogP contribution is 2.31. The smallest absolute Gasteiger partial charge is 0.491 e. The third kappa shape index (κ3) is 7.13. The molecule has 11 heteroatoms. The van der Waals surface area contributed by atoms with Gasteiger partial charge in [0.25, 0.3) is 0 Å². The molecule has 3 unspecified atom stereocenters. The lowest BCUT2D eigenvalue weighted by Crippen LogP contribution is -2.60. The first kappa shape index (κ1) is 28.7. The highest BCUT2D eigenvalue weighted by atomic mass is 16.7. The van der Waals surface area contributed by atoms with Gasteiger partial charge in [0, 0.05) is 23.7 Å². The van der Waals surface area contributed by atoms with Crippen LogP contribution in [0.15, 0.2) is 24.3 Å². The Balaban J connectivity index is 1.82. The fourth-order valence-electron chi connectivity index (χ4n) is 4.06. The summed E-state index contributed by atoms with van der Waals surface area (Å²) >= 11 is 0. The molecule has 0 amide bonds. The summed E-state index contributed by atoms with van der Waals surface area (Å²) in [5.74, 6) is 0.999. The second-order valence-corrected chi connectivity index (χ2v) is 9.52. The predicted octanol–water partition coefficient (Wildman–Crippen LogP) is 2.51. The molecule has 1 fully saturated rings. The second-order valence-electron chi connectivity index (χ2n) is 9.52. The third-order valence-electron chi connectivity index (χ3n) is 5.93. The van der Waals surface area contributed by atoms with E-state index >= 15 is 0 Å². The van der Waals surface area contributed by atoms with Crippen LogP contribution in [-0.2, 0) is 20.6 Å². The molecule has 2 heterocycles. The largest absolute Gasteiger partial charge is 0.508 e. The summed E-state index contributed by atoms with van der Waals surface area (Å²) in [5.41, 5.74) is 2.65. The molecule has 0 radical (unpaired) electrons. The molecular weight excluding hydrogens is 484 g/mol. The SMILES string of the molecule is CCOC(=O)OCC1OC(Oc2nn(C(C)C)c(C)c2Cc2ccc(OC(C)C)cc2)[C@H](O)C(O)[C@@H]1O.